The quantitative estimate of drug-likeness (QED) is 0.211. The summed E-state index contributed by atoms with van der Waals surface area (Å²) in [6.07, 6.45) is 6.38. The minimum Gasteiger partial charge on any atom is -0.496 e. The third-order valence-corrected chi connectivity index (χ3v) is 8.74. The number of aryl methyl sites for hydroxylation is 1. The molecule has 0 radical (unpaired) electrons. The molecule has 44 heavy (non-hydrogen) atoms. The first-order valence-corrected chi connectivity index (χ1v) is 15.5. The zero-order chi connectivity index (χ0) is 31.1. The average molecular weight is 599 g/mol. The van der Waals surface area contributed by atoms with Crippen LogP contribution in [-0.4, -0.2) is 61.2 Å². The maximum Gasteiger partial charge on any atom is 0.127 e. The number of aliphatic hydroxyl groups is 2. The highest BCUT2D eigenvalue weighted by atomic mass is 16.5. The Morgan fingerprint density at radius 2 is 1.82 bits per heavy atom. The molecule has 1 atom stereocenters. The zero-order valence-corrected chi connectivity index (χ0v) is 26.4. The van der Waals surface area contributed by atoms with Crippen molar-refractivity contribution in [1.29, 1.82) is 0 Å². The molecule has 5 rings (SSSR count). The van der Waals surface area contributed by atoms with E-state index in [2.05, 4.69) is 91.7 Å². The van der Waals surface area contributed by atoms with E-state index in [1.54, 1.807) is 7.11 Å². The molecular formula is C37H46N2O5. The standard InChI is InChI=1S/C37H46N2O5/c1-26-17-27(20-38-15-16-40)11-14-35(26)44-24-28-7-5-8-29(18-28)34-10-6-9-31(37(34,2)3)25-43-33-13-12-30(36(19-33)42-4)21-39-22-32(41)23-39/h5-14,17-19,31-32,38,40-41H,15-16,20-25H2,1-4H3. The zero-order valence-electron chi connectivity index (χ0n) is 26.4. The second kappa shape index (κ2) is 14.4. The topological polar surface area (TPSA) is 83.4 Å². The van der Waals surface area contributed by atoms with Gasteiger partial charge in [0.05, 0.1) is 26.4 Å². The van der Waals surface area contributed by atoms with Gasteiger partial charge < -0.3 is 29.7 Å². The summed E-state index contributed by atoms with van der Waals surface area (Å²) < 4.78 is 18.2. The number of hydrogen-bond acceptors (Lipinski definition) is 7. The fraction of sp³-hybridized carbons (Fsp3) is 0.405. The molecular weight excluding hydrogens is 552 g/mol. The minimum absolute atomic E-state index is 0.134. The Hall–Kier alpha value is -3.62. The number of rotatable bonds is 14. The van der Waals surface area contributed by atoms with E-state index in [4.69, 9.17) is 19.3 Å². The van der Waals surface area contributed by atoms with Crippen LogP contribution in [0, 0.1) is 18.3 Å². The molecule has 2 aliphatic rings. The van der Waals surface area contributed by atoms with Gasteiger partial charge in [0, 0.05) is 50.3 Å². The summed E-state index contributed by atoms with van der Waals surface area (Å²) in [6.45, 7) is 11.3. The molecule has 7 nitrogen and oxygen atoms in total. The number of nitrogens with zero attached hydrogens (tertiary/aromatic N) is 1. The SMILES string of the molecule is COc1cc(OCC2C=CC=C(c3cccc(COc4ccc(CNCCO)cc4C)c3)C2(C)C)ccc1CN1CC(O)C1. The number of methoxy groups -OCH3 is 1. The normalized spacial score (nSPS) is 18.0. The summed E-state index contributed by atoms with van der Waals surface area (Å²) in [7, 11) is 1.69. The number of aliphatic hydroxyl groups excluding tert-OH is 2. The molecule has 0 spiro atoms. The minimum atomic E-state index is -0.218. The van der Waals surface area contributed by atoms with Gasteiger partial charge in [-0.25, -0.2) is 0 Å². The fourth-order valence-electron chi connectivity index (χ4n) is 6.00. The summed E-state index contributed by atoms with van der Waals surface area (Å²) in [5, 5.41) is 21.8. The first-order chi connectivity index (χ1) is 21.3. The second-order valence-corrected chi connectivity index (χ2v) is 12.4. The van der Waals surface area contributed by atoms with Crippen molar-refractivity contribution in [3.63, 3.8) is 0 Å². The van der Waals surface area contributed by atoms with E-state index >= 15 is 0 Å². The van der Waals surface area contributed by atoms with Gasteiger partial charge in [-0.3, -0.25) is 4.90 Å². The predicted octanol–water partition coefficient (Wildman–Crippen LogP) is 5.52. The van der Waals surface area contributed by atoms with Crippen molar-refractivity contribution in [2.75, 3.05) is 40.0 Å². The molecule has 1 aliphatic carbocycles. The summed E-state index contributed by atoms with van der Waals surface area (Å²) in [5.74, 6) is 2.66. The van der Waals surface area contributed by atoms with Crippen molar-refractivity contribution in [1.82, 2.24) is 10.2 Å². The van der Waals surface area contributed by atoms with Crippen LogP contribution in [0.2, 0.25) is 0 Å². The van der Waals surface area contributed by atoms with E-state index in [1.165, 1.54) is 16.7 Å². The van der Waals surface area contributed by atoms with Crippen molar-refractivity contribution < 1.29 is 24.4 Å². The van der Waals surface area contributed by atoms with E-state index in [1.807, 2.05) is 18.2 Å². The van der Waals surface area contributed by atoms with Gasteiger partial charge in [-0.05, 0) is 58.4 Å². The lowest BCUT2D eigenvalue weighted by Gasteiger charge is -2.37. The Morgan fingerprint density at radius 1 is 0.977 bits per heavy atom. The Kier molecular flexibility index (Phi) is 10.4. The molecule has 234 valence electrons. The molecule has 3 aromatic carbocycles. The van der Waals surface area contributed by atoms with Crippen LogP contribution in [0.5, 0.6) is 17.2 Å². The van der Waals surface area contributed by atoms with Gasteiger partial charge in [0.25, 0.3) is 0 Å². The summed E-state index contributed by atoms with van der Waals surface area (Å²) in [6, 6.07) is 20.9. The lowest BCUT2D eigenvalue weighted by molar-refractivity contribution is -0.00323. The van der Waals surface area contributed by atoms with Gasteiger partial charge in [0.15, 0.2) is 0 Å². The summed E-state index contributed by atoms with van der Waals surface area (Å²) in [4.78, 5) is 2.20. The number of benzene rings is 3. The molecule has 3 N–H and O–H groups in total. The summed E-state index contributed by atoms with van der Waals surface area (Å²) in [5.41, 5.74) is 6.80. The Morgan fingerprint density at radius 3 is 2.57 bits per heavy atom. The van der Waals surface area contributed by atoms with Crippen LogP contribution in [0.15, 0.2) is 78.9 Å². The van der Waals surface area contributed by atoms with E-state index in [0.29, 0.717) is 32.8 Å². The first kappa shape index (κ1) is 31.8. The predicted molar refractivity (Wildman–Crippen MR) is 175 cm³/mol. The van der Waals surface area contributed by atoms with Crippen molar-refractivity contribution >= 4 is 5.57 Å². The molecule has 1 fully saturated rings. The van der Waals surface area contributed by atoms with Gasteiger partial charge in [0.2, 0.25) is 0 Å². The number of β-amino-alcohol motifs (C(OH)–C–C–N with tert-alkyl or cyclic N) is 1. The second-order valence-electron chi connectivity index (χ2n) is 12.4. The van der Waals surface area contributed by atoms with E-state index in [0.717, 1.165) is 47.0 Å². The number of ether oxygens (including phenoxy) is 3. The third-order valence-electron chi connectivity index (χ3n) is 8.74. The Bertz CT molecular complexity index is 1470. The molecule has 0 amide bonds. The van der Waals surface area contributed by atoms with E-state index < -0.39 is 0 Å². The van der Waals surface area contributed by atoms with Crippen molar-refractivity contribution in [3.05, 3.63) is 107 Å². The molecule has 1 aliphatic heterocycles. The molecule has 7 heteroatoms. The lowest BCUT2D eigenvalue weighted by atomic mass is 9.68. The lowest BCUT2D eigenvalue weighted by Crippen LogP contribution is -2.49. The maximum atomic E-state index is 9.60. The largest absolute Gasteiger partial charge is 0.496 e. The van der Waals surface area contributed by atoms with Crippen molar-refractivity contribution in [3.8, 4) is 17.2 Å². The molecule has 1 unspecified atom stereocenters. The fourth-order valence-corrected chi connectivity index (χ4v) is 6.00. The average Bonchev–Trinajstić information content (AvgIpc) is 2.99. The smallest absolute Gasteiger partial charge is 0.127 e. The van der Waals surface area contributed by atoms with Crippen LogP contribution in [0.3, 0.4) is 0 Å². The maximum absolute atomic E-state index is 9.60. The van der Waals surface area contributed by atoms with Gasteiger partial charge in [-0.1, -0.05) is 68.5 Å². The number of likely N-dealkylation sites (tertiary alicyclic amines) is 1. The highest BCUT2D eigenvalue weighted by molar-refractivity contribution is 5.73. The van der Waals surface area contributed by atoms with Crippen LogP contribution in [0.25, 0.3) is 5.57 Å². The van der Waals surface area contributed by atoms with Gasteiger partial charge in [-0.2, -0.15) is 0 Å². The molecule has 0 bridgehead atoms. The van der Waals surface area contributed by atoms with Crippen LogP contribution in [0.1, 0.15) is 41.7 Å². The highest BCUT2D eigenvalue weighted by Gasteiger charge is 2.34. The van der Waals surface area contributed by atoms with E-state index in [-0.39, 0.29) is 24.0 Å². The van der Waals surface area contributed by atoms with Gasteiger partial charge in [0.1, 0.15) is 23.9 Å². The molecule has 1 saturated heterocycles. The monoisotopic (exact) mass is 598 g/mol. The van der Waals surface area contributed by atoms with Crippen LogP contribution in [-0.2, 0) is 19.7 Å². The molecule has 0 aromatic heterocycles. The van der Waals surface area contributed by atoms with Crippen LogP contribution >= 0.6 is 0 Å². The first-order valence-electron chi connectivity index (χ1n) is 15.5. The molecule has 1 heterocycles. The Balaban J connectivity index is 1.20. The van der Waals surface area contributed by atoms with Crippen LogP contribution in [0.4, 0.5) is 0 Å². The number of hydrogen-bond donors (Lipinski definition) is 3. The third kappa shape index (κ3) is 7.71. The van der Waals surface area contributed by atoms with E-state index in [9.17, 15) is 5.11 Å². The van der Waals surface area contributed by atoms with Crippen molar-refractivity contribution in [2.45, 2.75) is 46.6 Å². The Labute approximate surface area is 261 Å². The molecule has 3 aromatic rings. The number of nitrogens with one attached hydrogen (secondary N) is 1. The van der Waals surface area contributed by atoms with Gasteiger partial charge >= 0.3 is 0 Å². The number of allylic oxidation sites excluding steroid dienone is 3. The highest BCUT2D eigenvalue weighted by Crippen LogP contribution is 2.44. The van der Waals surface area contributed by atoms with Gasteiger partial charge in [-0.15, -0.1) is 0 Å². The van der Waals surface area contributed by atoms with Crippen molar-refractivity contribution in [2.24, 2.45) is 11.3 Å². The summed E-state index contributed by atoms with van der Waals surface area (Å²) >= 11 is 0. The molecule has 0 saturated carbocycles. The van der Waals surface area contributed by atoms with Crippen LogP contribution < -0.4 is 19.5 Å².